The lowest BCUT2D eigenvalue weighted by Gasteiger charge is -2.24. The van der Waals surface area contributed by atoms with Gasteiger partial charge in [0.25, 0.3) is 5.91 Å². The zero-order valence-electron chi connectivity index (χ0n) is 10.1. The first-order chi connectivity index (χ1) is 8.61. The van der Waals surface area contributed by atoms with Gasteiger partial charge < -0.3 is 15.2 Å². The van der Waals surface area contributed by atoms with E-state index in [0.29, 0.717) is 12.0 Å². The number of ether oxygens (including phenoxy) is 1. The number of fused-ring (bicyclic) bond motifs is 1. The van der Waals surface area contributed by atoms with Gasteiger partial charge >= 0.3 is 5.97 Å². The van der Waals surface area contributed by atoms with Crippen LogP contribution < -0.4 is 5.32 Å². The van der Waals surface area contributed by atoms with Gasteiger partial charge in [-0.15, -0.1) is 0 Å². The predicted molar refractivity (Wildman–Crippen MR) is 64.0 cm³/mol. The molecule has 1 aliphatic heterocycles. The van der Waals surface area contributed by atoms with Crippen LogP contribution in [0.3, 0.4) is 0 Å². The first kappa shape index (κ1) is 12.6. The Hall–Kier alpha value is -1.88. The van der Waals surface area contributed by atoms with Crippen molar-refractivity contribution in [2.24, 2.45) is 0 Å². The zero-order chi connectivity index (χ0) is 13.1. The molecule has 2 N–H and O–H groups in total. The summed E-state index contributed by atoms with van der Waals surface area (Å²) in [5, 5.41) is 11.5. The van der Waals surface area contributed by atoms with E-state index in [1.807, 2.05) is 12.1 Å². The number of carbonyl (C=O) groups excluding carboxylic acids is 2. The second-order valence-electron chi connectivity index (χ2n) is 4.35. The van der Waals surface area contributed by atoms with Crippen molar-refractivity contribution in [2.45, 2.75) is 25.5 Å². The van der Waals surface area contributed by atoms with E-state index in [2.05, 4.69) is 5.32 Å². The Labute approximate surface area is 105 Å². The largest absolute Gasteiger partial charge is 0.448 e. The fourth-order valence-corrected chi connectivity index (χ4v) is 1.86. The molecule has 0 aromatic heterocycles. The molecule has 0 saturated heterocycles. The lowest BCUT2D eigenvalue weighted by atomic mass is 9.98. The Morgan fingerprint density at radius 2 is 2.28 bits per heavy atom. The minimum absolute atomic E-state index is 0.150. The number of carbonyl (C=O) groups is 2. The van der Waals surface area contributed by atoms with Crippen LogP contribution in [-0.4, -0.2) is 35.7 Å². The highest BCUT2D eigenvalue weighted by atomic mass is 16.5. The van der Waals surface area contributed by atoms with Gasteiger partial charge in [-0.3, -0.25) is 4.79 Å². The molecular weight excluding hydrogens is 234 g/mol. The van der Waals surface area contributed by atoms with Crippen molar-refractivity contribution in [2.75, 3.05) is 6.61 Å². The lowest BCUT2D eigenvalue weighted by molar-refractivity contribution is -0.131. The molecule has 0 fully saturated rings. The van der Waals surface area contributed by atoms with Crippen LogP contribution in [-0.2, 0) is 16.0 Å². The van der Waals surface area contributed by atoms with Gasteiger partial charge in [-0.25, -0.2) is 4.79 Å². The normalized spacial score (nSPS) is 19.7. The Morgan fingerprint density at radius 3 is 3.00 bits per heavy atom. The number of hydrogen-bond donors (Lipinski definition) is 2. The van der Waals surface area contributed by atoms with E-state index in [-0.39, 0.29) is 18.6 Å². The maximum atomic E-state index is 11.8. The Morgan fingerprint density at radius 1 is 1.56 bits per heavy atom. The Kier molecular flexibility index (Phi) is 3.62. The molecule has 0 aliphatic carbocycles. The van der Waals surface area contributed by atoms with Crippen molar-refractivity contribution in [1.29, 1.82) is 0 Å². The maximum absolute atomic E-state index is 11.8. The van der Waals surface area contributed by atoms with Crippen LogP contribution in [0.2, 0.25) is 0 Å². The van der Waals surface area contributed by atoms with E-state index in [1.165, 1.54) is 0 Å². The molecule has 0 radical (unpaired) electrons. The van der Waals surface area contributed by atoms with E-state index < -0.39 is 12.1 Å². The molecule has 0 bridgehead atoms. The summed E-state index contributed by atoms with van der Waals surface area (Å²) in [5.74, 6) is -0.854. The summed E-state index contributed by atoms with van der Waals surface area (Å²) in [6, 6.07) is 6.72. The third-order valence-electron chi connectivity index (χ3n) is 2.85. The van der Waals surface area contributed by atoms with Crippen LogP contribution in [0.5, 0.6) is 0 Å². The number of aliphatic hydroxyl groups is 1. The van der Waals surface area contributed by atoms with Gasteiger partial charge in [0.2, 0.25) is 0 Å². The summed E-state index contributed by atoms with van der Waals surface area (Å²) >= 11 is 0. The van der Waals surface area contributed by atoms with Crippen LogP contribution in [0.1, 0.15) is 22.8 Å². The summed E-state index contributed by atoms with van der Waals surface area (Å²) in [4.78, 5) is 23.5. The van der Waals surface area contributed by atoms with Gasteiger partial charge in [0, 0.05) is 12.5 Å². The first-order valence-corrected chi connectivity index (χ1v) is 5.82. The van der Waals surface area contributed by atoms with Crippen LogP contribution in [0.25, 0.3) is 0 Å². The van der Waals surface area contributed by atoms with E-state index in [1.54, 1.807) is 19.1 Å². The fourth-order valence-electron chi connectivity index (χ4n) is 1.86. The third kappa shape index (κ3) is 2.51. The van der Waals surface area contributed by atoms with Crippen LogP contribution in [0.15, 0.2) is 24.3 Å². The van der Waals surface area contributed by atoms with Crippen molar-refractivity contribution in [3.63, 3.8) is 0 Å². The topological polar surface area (TPSA) is 75.6 Å². The number of amides is 1. The van der Waals surface area contributed by atoms with Gasteiger partial charge in [0.05, 0.1) is 12.2 Å². The quantitative estimate of drug-likeness (QED) is 0.754. The molecule has 1 amide bonds. The average molecular weight is 249 g/mol. The van der Waals surface area contributed by atoms with Crippen LogP contribution >= 0.6 is 0 Å². The summed E-state index contributed by atoms with van der Waals surface area (Å²) in [5.41, 5.74) is 1.32. The van der Waals surface area contributed by atoms with Gasteiger partial charge in [-0.2, -0.15) is 0 Å². The summed E-state index contributed by atoms with van der Waals surface area (Å²) in [7, 11) is 0. The molecule has 0 saturated carbocycles. The van der Waals surface area contributed by atoms with Gasteiger partial charge in [-0.1, -0.05) is 18.2 Å². The molecule has 1 aromatic carbocycles. The van der Waals surface area contributed by atoms with E-state index in [9.17, 15) is 9.59 Å². The van der Waals surface area contributed by atoms with Crippen molar-refractivity contribution in [3.05, 3.63) is 35.4 Å². The molecule has 5 nitrogen and oxygen atoms in total. The Bertz CT molecular complexity index is 472. The number of nitrogens with one attached hydrogen (secondary N) is 1. The molecule has 18 heavy (non-hydrogen) atoms. The van der Waals surface area contributed by atoms with Crippen LogP contribution in [0, 0.1) is 0 Å². The number of cyclic esters (lactones) is 1. The Balaban J connectivity index is 2.11. The van der Waals surface area contributed by atoms with Crippen molar-refractivity contribution < 1.29 is 19.4 Å². The van der Waals surface area contributed by atoms with Gasteiger partial charge in [0.1, 0.15) is 0 Å². The fraction of sp³-hybridized carbons (Fsp3) is 0.385. The highest BCUT2D eigenvalue weighted by Gasteiger charge is 2.31. The molecule has 1 heterocycles. The highest BCUT2D eigenvalue weighted by Crippen LogP contribution is 2.20. The lowest BCUT2D eigenvalue weighted by Crippen LogP contribution is -2.46. The van der Waals surface area contributed by atoms with E-state index in [0.717, 1.165) is 5.56 Å². The van der Waals surface area contributed by atoms with Gasteiger partial charge in [0.15, 0.2) is 6.10 Å². The average Bonchev–Trinajstić information content (AvgIpc) is 2.38. The highest BCUT2D eigenvalue weighted by molar-refractivity contribution is 5.95. The number of benzene rings is 1. The van der Waals surface area contributed by atoms with Crippen molar-refractivity contribution >= 4 is 11.9 Å². The van der Waals surface area contributed by atoms with Crippen molar-refractivity contribution in [1.82, 2.24) is 5.32 Å². The molecule has 2 rings (SSSR count). The molecule has 1 aliphatic rings. The SMILES string of the molecule is CC(CO)NC(=O)C1Cc2ccccc2C(=O)O1. The van der Waals surface area contributed by atoms with E-state index >= 15 is 0 Å². The predicted octanol–water partition coefficient (Wildman–Crippen LogP) is 0.265. The molecule has 0 spiro atoms. The standard InChI is InChI=1S/C13H15NO4/c1-8(7-15)14-12(16)11-6-9-4-2-3-5-10(9)13(17)18-11/h2-5,8,11,15H,6-7H2,1H3,(H,14,16). The summed E-state index contributed by atoms with van der Waals surface area (Å²) in [6.45, 7) is 1.53. The van der Waals surface area contributed by atoms with Crippen molar-refractivity contribution in [3.8, 4) is 0 Å². The zero-order valence-corrected chi connectivity index (χ0v) is 10.1. The third-order valence-corrected chi connectivity index (χ3v) is 2.85. The molecule has 5 heteroatoms. The molecule has 2 atom stereocenters. The molecule has 2 unspecified atom stereocenters. The maximum Gasteiger partial charge on any atom is 0.339 e. The van der Waals surface area contributed by atoms with E-state index in [4.69, 9.17) is 9.84 Å². The first-order valence-electron chi connectivity index (χ1n) is 5.82. The monoisotopic (exact) mass is 249 g/mol. The summed E-state index contributed by atoms with van der Waals surface area (Å²) in [6.07, 6.45) is -0.451. The second-order valence-corrected chi connectivity index (χ2v) is 4.35. The summed E-state index contributed by atoms with van der Waals surface area (Å²) < 4.78 is 5.09. The molecule has 96 valence electrons. The second kappa shape index (κ2) is 5.18. The number of aliphatic hydroxyl groups excluding tert-OH is 1. The smallest absolute Gasteiger partial charge is 0.339 e. The van der Waals surface area contributed by atoms with Crippen LogP contribution in [0.4, 0.5) is 0 Å². The minimum Gasteiger partial charge on any atom is -0.448 e. The number of rotatable bonds is 3. The molecule has 1 aromatic rings. The molecular formula is C13H15NO4. The number of esters is 1. The number of hydrogen-bond acceptors (Lipinski definition) is 4. The van der Waals surface area contributed by atoms with Gasteiger partial charge in [-0.05, 0) is 18.6 Å². The minimum atomic E-state index is -0.818.